The van der Waals surface area contributed by atoms with Gasteiger partial charge in [0.05, 0.1) is 5.75 Å². The van der Waals surface area contributed by atoms with Gasteiger partial charge in [-0.1, -0.05) is 13.3 Å². The fourth-order valence-corrected chi connectivity index (χ4v) is 4.66. The zero-order valence-corrected chi connectivity index (χ0v) is 14.7. The number of nitrogens with zero attached hydrogens (tertiary/aromatic N) is 2. The van der Waals surface area contributed by atoms with Crippen molar-refractivity contribution in [2.24, 2.45) is 10.4 Å². The predicted octanol–water partition coefficient (Wildman–Crippen LogP) is 1.16. The SMILES string of the molecule is CCNC(=NCC1(CC)CCC1)NCCN1CCCS1(=O)=O. The van der Waals surface area contributed by atoms with Gasteiger partial charge in [-0.2, -0.15) is 0 Å². The summed E-state index contributed by atoms with van der Waals surface area (Å²) in [5.74, 6) is 1.10. The lowest BCUT2D eigenvalue weighted by atomic mass is 9.67. The van der Waals surface area contributed by atoms with E-state index in [-0.39, 0.29) is 0 Å². The summed E-state index contributed by atoms with van der Waals surface area (Å²) in [6, 6.07) is 0. The molecule has 2 fully saturated rings. The zero-order chi connectivity index (χ0) is 16.1. The molecule has 2 aliphatic rings. The van der Waals surface area contributed by atoms with Crippen molar-refractivity contribution in [3.05, 3.63) is 0 Å². The highest BCUT2D eigenvalue weighted by Gasteiger charge is 2.34. The minimum atomic E-state index is -3.00. The summed E-state index contributed by atoms with van der Waals surface area (Å²) in [5.41, 5.74) is 0.403. The second-order valence-corrected chi connectivity index (χ2v) is 8.49. The van der Waals surface area contributed by atoms with E-state index in [1.165, 1.54) is 25.7 Å². The molecule has 0 bridgehead atoms. The van der Waals surface area contributed by atoms with Gasteiger partial charge in [0, 0.05) is 32.7 Å². The Bertz CT molecular complexity index is 480. The van der Waals surface area contributed by atoms with Gasteiger partial charge in [-0.05, 0) is 38.0 Å². The molecule has 0 spiro atoms. The maximum atomic E-state index is 11.8. The van der Waals surface area contributed by atoms with Crippen LogP contribution in [0.3, 0.4) is 0 Å². The molecule has 0 aromatic heterocycles. The molecule has 0 amide bonds. The highest BCUT2D eigenvalue weighted by atomic mass is 32.2. The second-order valence-electron chi connectivity index (χ2n) is 6.40. The molecule has 1 heterocycles. The quantitative estimate of drug-likeness (QED) is 0.543. The summed E-state index contributed by atoms with van der Waals surface area (Å²) in [6.07, 6.45) is 5.80. The molecule has 1 aliphatic heterocycles. The Kier molecular flexibility index (Phi) is 6.09. The van der Waals surface area contributed by atoms with Gasteiger partial charge in [0.25, 0.3) is 0 Å². The molecule has 0 unspecified atom stereocenters. The fourth-order valence-electron chi connectivity index (χ4n) is 3.13. The molecule has 0 aromatic rings. The Labute approximate surface area is 134 Å². The van der Waals surface area contributed by atoms with Crippen LogP contribution in [0.25, 0.3) is 0 Å². The molecule has 22 heavy (non-hydrogen) atoms. The van der Waals surface area contributed by atoms with E-state index in [0.29, 0.717) is 30.8 Å². The number of rotatable bonds is 7. The third kappa shape index (κ3) is 4.35. The van der Waals surface area contributed by atoms with Crippen molar-refractivity contribution in [2.75, 3.05) is 38.5 Å². The van der Waals surface area contributed by atoms with Gasteiger partial charge in [0.15, 0.2) is 5.96 Å². The molecule has 1 saturated carbocycles. The van der Waals surface area contributed by atoms with Crippen LogP contribution in [0.2, 0.25) is 0 Å². The first kappa shape index (κ1) is 17.5. The van der Waals surface area contributed by atoms with E-state index in [1.807, 2.05) is 6.92 Å². The van der Waals surface area contributed by atoms with Crippen molar-refractivity contribution in [2.45, 2.75) is 46.0 Å². The molecule has 1 saturated heterocycles. The summed E-state index contributed by atoms with van der Waals surface area (Å²) < 4.78 is 25.1. The van der Waals surface area contributed by atoms with Crippen molar-refractivity contribution in [3.63, 3.8) is 0 Å². The van der Waals surface area contributed by atoms with Crippen LogP contribution in [0.4, 0.5) is 0 Å². The largest absolute Gasteiger partial charge is 0.357 e. The minimum absolute atomic E-state index is 0.292. The van der Waals surface area contributed by atoms with Crippen LogP contribution < -0.4 is 10.6 Å². The smallest absolute Gasteiger partial charge is 0.214 e. The Morgan fingerprint density at radius 1 is 1.23 bits per heavy atom. The molecule has 128 valence electrons. The van der Waals surface area contributed by atoms with E-state index in [4.69, 9.17) is 4.99 Å². The van der Waals surface area contributed by atoms with Crippen molar-refractivity contribution in [3.8, 4) is 0 Å². The molecule has 0 atom stereocenters. The lowest BCUT2D eigenvalue weighted by Gasteiger charge is -2.40. The molecule has 6 nitrogen and oxygen atoms in total. The van der Waals surface area contributed by atoms with Crippen LogP contribution in [-0.2, 0) is 10.0 Å². The average molecular weight is 330 g/mol. The molecule has 1 aliphatic carbocycles. The minimum Gasteiger partial charge on any atom is -0.357 e. The number of guanidine groups is 1. The number of aliphatic imine (C=N–C) groups is 1. The summed E-state index contributed by atoms with van der Waals surface area (Å²) in [5, 5.41) is 6.51. The Balaban J connectivity index is 1.81. The number of nitrogens with one attached hydrogen (secondary N) is 2. The number of sulfonamides is 1. The van der Waals surface area contributed by atoms with Gasteiger partial charge in [0.1, 0.15) is 0 Å². The van der Waals surface area contributed by atoms with Crippen molar-refractivity contribution < 1.29 is 8.42 Å². The average Bonchev–Trinajstić information content (AvgIpc) is 2.77. The summed E-state index contributed by atoms with van der Waals surface area (Å²) >= 11 is 0. The number of hydrogen-bond acceptors (Lipinski definition) is 3. The van der Waals surface area contributed by atoms with E-state index >= 15 is 0 Å². The molecular formula is C15H30N4O2S. The summed E-state index contributed by atoms with van der Waals surface area (Å²) in [6.45, 7) is 7.73. The van der Waals surface area contributed by atoms with Crippen LogP contribution in [0.1, 0.15) is 46.0 Å². The van der Waals surface area contributed by atoms with E-state index in [1.54, 1.807) is 4.31 Å². The van der Waals surface area contributed by atoms with Crippen molar-refractivity contribution >= 4 is 16.0 Å². The summed E-state index contributed by atoms with van der Waals surface area (Å²) in [7, 11) is -3.00. The van der Waals surface area contributed by atoms with Crippen LogP contribution in [0, 0.1) is 5.41 Å². The second kappa shape index (κ2) is 7.64. The van der Waals surface area contributed by atoms with E-state index in [2.05, 4.69) is 17.6 Å². The Morgan fingerprint density at radius 3 is 2.50 bits per heavy atom. The van der Waals surface area contributed by atoms with Gasteiger partial charge in [-0.25, -0.2) is 12.7 Å². The van der Waals surface area contributed by atoms with Crippen molar-refractivity contribution in [1.82, 2.24) is 14.9 Å². The highest BCUT2D eigenvalue weighted by Crippen LogP contribution is 2.43. The van der Waals surface area contributed by atoms with Gasteiger partial charge >= 0.3 is 0 Å². The third-order valence-corrected chi connectivity index (χ3v) is 6.89. The van der Waals surface area contributed by atoms with Crippen LogP contribution in [0.5, 0.6) is 0 Å². The molecule has 0 aromatic carbocycles. The maximum absolute atomic E-state index is 11.8. The highest BCUT2D eigenvalue weighted by molar-refractivity contribution is 7.89. The van der Waals surface area contributed by atoms with Crippen LogP contribution in [0.15, 0.2) is 4.99 Å². The predicted molar refractivity (Wildman–Crippen MR) is 90.5 cm³/mol. The molecule has 2 rings (SSSR count). The normalized spacial score (nSPS) is 24.0. The summed E-state index contributed by atoms with van der Waals surface area (Å²) in [4.78, 5) is 4.71. The van der Waals surface area contributed by atoms with E-state index in [9.17, 15) is 8.42 Å². The van der Waals surface area contributed by atoms with Crippen molar-refractivity contribution in [1.29, 1.82) is 0 Å². The molecular weight excluding hydrogens is 300 g/mol. The van der Waals surface area contributed by atoms with Crippen LogP contribution >= 0.6 is 0 Å². The lowest BCUT2D eigenvalue weighted by molar-refractivity contribution is 0.139. The number of hydrogen-bond donors (Lipinski definition) is 2. The van der Waals surface area contributed by atoms with Gasteiger partial charge in [-0.15, -0.1) is 0 Å². The Morgan fingerprint density at radius 2 is 2.00 bits per heavy atom. The first-order valence-electron chi connectivity index (χ1n) is 8.51. The lowest BCUT2D eigenvalue weighted by Crippen LogP contribution is -2.43. The molecule has 0 radical (unpaired) electrons. The standard InChI is InChI=1S/C15H30N4O2S/c1-3-15(7-5-8-15)13-18-14(16-4-2)17-9-11-19-10-6-12-22(19,20)21/h3-13H2,1-2H3,(H2,16,17,18). The third-order valence-electron chi connectivity index (χ3n) is 4.94. The van der Waals surface area contributed by atoms with E-state index < -0.39 is 10.0 Å². The van der Waals surface area contributed by atoms with Gasteiger partial charge in [0.2, 0.25) is 10.0 Å². The fraction of sp³-hybridized carbons (Fsp3) is 0.933. The first-order chi connectivity index (χ1) is 10.5. The topological polar surface area (TPSA) is 73.8 Å². The first-order valence-corrected chi connectivity index (χ1v) is 10.1. The van der Waals surface area contributed by atoms with Crippen LogP contribution in [-0.4, -0.2) is 57.2 Å². The van der Waals surface area contributed by atoms with Gasteiger partial charge in [-0.3, -0.25) is 4.99 Å². The molecule has 7 heteroatoms. The van der Waals surface area contributed by atoms with Gasteiger partial charge < -0.3 is 10.6 Å². The monoisotopic (exact) mass is 330 g/mol. The maximum Gasteiger partial charge on any atom is 0.214 e. The molecule has 2 N–H and O–H groups in total. The zero-order valence-electron chi connectivity index (χ0n) is 13.9. The van der Waals surface area contributed by atoms with E-state index in [0.717, 1.165) is 25.5 Å². The Hall–Kier alpha value is -0.820.